The summed E-state index contributed by atoms with van der Waals surface area (Å²) in [5, 5.41) is 14.2. The van der Waals surface area contributed by atoms with Crippen LogP contribution in [0.5, 0.6) is 0 Å². The third kappa shape index (κ3) is 2.92. The van der Waals surface area contributed by atoms with E-state index in [4.69, 9.17) is 17.3 Å². The summed E-state index contributed by atoms with van der Waals surface area (Å²) in [6.45, 7) is 1.89. The van der Waals surface area contributed by atoms with Crippen LogP contribution in [-0.4, -0.2) is 9.91 Å². The molecule has 0 fully saturated rings. The van der Waals surface area contributed by atoms with Crippen molar-refractivity contribution in [2.45, 2.75) is 6.92 Å². The van der Waals surface area contributed by atoms with Crippen molar-refractivity contribution < 1.29 is 4.92 Å². The standard InChI is InChI=1S/C12H11ClN4O2/c1-7-2-3-8(13)9(6-7)15-12-10(17(18)19)4-5-11(14)16-12/h2-6H,1H3,(H3,14,15,16). The number of nitrogens with one attached hydrogen (secondary N) is 1. The van der Waals surface area contributed by atoms with E-state index >= 15 is 0 Å². The van der Waals surface area contributed by atoms with Gasteiger partial charge in [0.25, 0.3) is 0 Å². The summed E-state index contributed by atoms with van der Waals surface area (Å²) < 4.78 is 0. The van der Waals surface area contributed by atoms with Gasteiger partial charge in [0.05, 0.1) is 15.6 Å². The first-order valence-corrected chi connectivity index (χ1v) is 5.79. The average Bonchev–Trinajstić information content (AvgIpc) is 2.33. The Morgan fingerprint density at radius 2 is 2.11 bits per heavy atom. The molecule has 0 saturated carbocycles. The fourth-order valence-electron chi connectivity index (χ4n) is 1.57. The van der Waals surface area contributed by atoms with Gasteiger partial charge in [0.15, 0.2) is 0 Å². The van der Waals surface area contributed by atoms with Crippen LogP contribution in [0.4, 0.5) is 23.0 Å². The minimum absolute atomic E-state index is 0.0671. The second-order valence-corrected chi connectivity index (χ2v) is 4.38. The second kappa shape index (κ2) is 5.11. The smallest absolute Gasteiger partial charge is 0.311 e. The van der Waals surface area contributed by atoms with Crippen molar-refractivity contribution in [1.82, 2.24) is 4.98 Å². The van der Waals surface area contributed by atoms with Crippen molar-refractivity contribution in [3.8, 4) is 0 Å². The van der Waals surface area contributed by atoms with Gasteiger partial charge in [-0.1, -0.05) is 17.7 Å². The largest absolute Gasteiger partial charge is 0.384 e. The Hall–Kier alpha value is -2.34. The van der Waals surface area contributed by atoms with E-state index in [-0.39, 0.29) is 17.3 Å². The number of pyridine rings is 1. The molecule has 0 radical (unpaired) electrons. The summed E-state index contributed by atoms with van der Waals surface area (Å²) in [6, 6.07) is 8.00. The molecule has 19 heavy (non-hydrogen) atoms. The lowest BCUT2D eigenvalue weighted by atomic mass is 10.2. The molecule has 2 rings (SSSR count). The lowest BCUT2D eigenvalue weighted by Gasteiger charge is -2.09. The molecular weight excluding hydrogens is 268 g/mol. The first-order chi connectivity index (χ1) is 8.97. The van der Waals surface area contributed by atoms with Crippen molar-refractivity contribution in [2.75, 3.05) is 11.1 Å². The van der Waals surface area contributed by atoms with E-state index in [2.05, 4.69) is 10.3 Å². The Balaban J connectivity index is 2.45. The van der Waals surface area contributed by atoms with Crippen LogP contribution in [0.1, 0.15) is 5.56 Å². The third-order valence-electron chi connectivity index (χ3n) is 2.47. The molecule has 98 valence electrons. The van der Waals surface area contributed by atoms with E-state index in [9.17, 15) is 10.1 Å². The number of nitrogen functional groups attached to an aromatic ring is 1. The summed E-state index contributed by atoms with van der Waals surface area (Å²) in [7, 11) is 0. The number of halogens is 1. The van der Waals surface area contributed by atoms with Gasteiger partial charge in [-0.15, -0.1) is 0 Å². The van der Waals surface area contributed by atoms with Gasteiger partial charge in [0.1, 0.15) is 5.82 Å². The lowest BCUT2D eigenvalue weighted by molar-refractivity contribution is -0.384. The number of aromatic nitrogens is 1. The molecule has 0 spiro atoms. The van der Waals surface area contributed by atoms with Crippen LogP contribution in [0.3, 0.4) is 0 Å². The van der Waals surface area contributed by atoms with Gasteiger partial charge >= 0.3 is 5.69 Å². The first kappa shape index (κ1) is 13.1. The molecule has 0 aliphatic heterocycles. The van der Waals surface area contributed by atoms with Gasteiger partial charge in [-0.3, -0.25) is 10.1 Å². The Bertz CT molecular complexity index is 646. The molecule has 0 bridgehead atoms. The molecule has 3 N–H and O–H groups in total. The topological polar surface area (TPSA) is 94.1 Å². The number of rotatable bonds is 3. The number of nitro groups is 1. The number of anilines is 3. The predicted octanol–water partition coefficient (Wildman–Crippen LogP) is 3.28. The SMILES string of the molecule is Cc1ccc(Cl)c(Nc2nc(N)ccc2[N+](=O)[O-])c1. The van der Waals surface area contributed by atoms with Crippen LogP contribution in [0.15, 0.2) is 30.3 Å². The van der Waals surface area contributed by atoms with E-state index in [1.54, 1.807) is 12.1 Å². The number of nitrogens with two attached hydrogens (primary N) is 1. The number of hydrogen-bond donors (Lipinski definition) is 2. The van der Waals surface area contributed by atoms with Gasteiger partial charge in [0, 0.05) is 6.07 Å². The highest BCUT2D eigenvalue weighted by atomic mass is 35.5. The van der Waals surface area contributed by atoms with E-state index < -0.39 is 4.92 Å². The fraction of sp³-hybridized carbons (Fsp3) is 0.0833. The molecule has 0 unspecified atom stereocenters. The summed E-state index contributed by atoms with van der Waals surface area (Å²) in [5.41, 5.74) is 6.90. The van der Waals surface area contributed by atoms with Crippen LogP contribution in [0.2, 0.25) is 5.02 Å². The minimum Gasteiger partial charge on any atom is -0.384 e. The summed E-state index contributed by atoms with van der Waals surface area (Å²) >= 11 is 6.03. The molecule has 2 aromatic rings. The maximum atomic E-state index is 10.9. The molecule has 0 atom stereocenters. The molecule has 1 heterocycles. The molecule has 0 aliphatic rings. The fourth-order valence-corrected chi connectivity index (χ4v) is 1.73. The number of hydrogen-bond acceptors (Lipinski definition) is 5. The van der Waals surface area contributed by atoms with Gasteiger partial charge in [0.2, 0.25) is 5.82 Å². The molecule has 7 heteroatoms. The van der Waals surface area contributed by atoms with Crippen molar-refractivity contribution >= 4 is 34.6 Å². The van der Waals surface area contributed by atoms with Gasteiger partial charge in [-0.2, -0.15) is 0 Å². The highest BCUT2D eigenvalue weighted by Crippen LogP contribution is 2.30. The van der Waals surface area contributed by atoms with Crippen molar-refractivity contribution in [3.63, 3.8) is 0 Å². The first-order valence-electron chi connectivity index (χ1n) is 5.41. The Labute approximate surface area is 114 Å². The minimum atomic E-state index is -0.529. The van der Waals surface area contributed by atoms with E-state index in [0.717, 1.165) is 5.56 Å². The molecule has 0 saturated heterocycles. The van der Waals surface area contributed by atoms with Gasteiger partial charge in [-0.05, 0) is 30.7 Å². The quantitative estimate of drug-likeness (QED) is 0.664. The van der Waals surface area contributed by atoms with Gasteiger partial charge < -0.3 is 11.1 Å². The average molecular weight is 279 g/mol. The lowest BCUT2D eigenvalue weighted by Crippen LogP contribution is -2.02. The normalized spacial score (nSPS) is 10.2. The Morgan fingerprint density at radius 1 is 1.37 bits per heavy atom. The molecule has 0 amide bonds. The van der Waals surface area contributed by atoms with E-state index in [1.165, 1.54) is 12.1 Å². The maximum Gasteiger partial charge on any atom is 0.311 e. The second-order valence-electron chi connectivity index (χ2n) is 3.97. The zero-order valence-electron chi connectivity index (χ0n) is 10.1. The highest BCUT2D eigenvalue weighted by Gasteiger charge is 2.16. The number of benzene rings is 1. The zero-order chi connectivity index (χ0) is 14.0. The summed E-state index contributed by atoms with van der Waals surface area (Å²) in [6.07, 6.45) is 0. The van der Waals surface area contributed by atoms with Crippen LogP contribution >= 0.6 is 11.6 Å². The van der Waals surface area contributed by atoms with Crippen LogP contribution < -0.4 is 11.1 Å². The van der Waals surface area contributed by atoms with Crippen molar-refractivity contribution in [2.24, 2.45) is 0 Å². The highest BCUT2D eigenvalue weighted by molar-refractivity contribution is 6.33. The molecule has 6 nitrogen and oxygen atoms in total. The third-order valence-corrected chi connectivity index (χ3v) is 2.80. The predicted molar refractivity (Wildman–Crippen MR) is 74.8 cm³/mol. The summed E-state index contributed by atoms with van der Waals surface area (Å²) in [4.78, 5) is 14.3. The maximum absolute atomic E-state index is 10.9. The Kier molecular flexibility index (Phi) is 3.52. The van der Waals surface area contributed by atoms with E-state index in [1.807, 2.05) is 13.0 Å². The zero-order valence-corrected chi connectivity index (χ0v) is 10.8. The van der Waals surface area contributed by atoms with Crippen LogP contribution in [0.25, 0.3) is 0 Å². The monoisotopic (exact) mass is 278 g/mol. The number of aryl methyl sites for hydroxylation is 1. The Morgan fingerprint density at radius 3 is 2.79 bits per heavy atom. The van der Waals surface area contributed by atoms with Crippen molar-refractivity contribution in [3.05, 3.63) is 51.0 Å². The van der Waals surface area contributed by atoms with Gasteiger partial charge in [-0.25, -0.2) is 4.98 Å². The van der Waals surface area contributed by atoms with Crippen LogP contribution in [-0.2, 0) is 0 Å². The van der Waals surface area contributed by atoms with Crippen LogP contribution in [0, 0.1) is 17.0 Å². The molecular formula is C12H11ClN4O2. The van der Waals surface area contributed by atoms with Crippen molar-refractivity contribution in [1.29, 1.82) is 0 Å². The summed E-state index contributed by atoms with van der Waals surface area (Å²) in [5.74, 6) is 0.259. The molecule has 1 aromatic carbocycles. The molecule has 1 aromatic heterocycles. The molecule has 0 aliphatic carbocycles. The number of nitrogens with zero attached hydrogens (tertiary/aromatic N) is 2. The van der Waals surface area contributed by atoms with E-state index in [0.29, 0.717) is 10.7 Å².